The number of nitrogens with one attached hydrogen (secondary N) is 1. The van der Waals surface area contributed by atoms with Gasteiger partial charge in [-0.15, -0.1) is 0 Å². The molecule has 21 heavy (non-hydrogen) atoms. The van der Waals surface area contributed by atoms with Gasteiger partial charge in [-0.3, -0.25) is 0 Å². The lowest BCUT2D eigenvalue weighted by molar-refractivity contribution is 0.199. The monoisotopic (exact) mass is 308 g/mol. The number of anilines is 1. The highest BCUT2D eigenvalue weighted by atomic mass is 35.5. The van der Waals surface area contributed by atoms with Gasteiger partial charge in [0, 0.05) is 19.6 Å². The zero-order valence-corrected chi connectivity index (χ0v) is 14.5. The van der Waals surface area contributed by atoms with Crippen LogP contribution in [0.25, 0.3) is 0 Å². The molecule has 0 saturated carbocycles. The smallest absolute Gasteiger partial charge is 0.0642 e. The summed E-state index contributed by atoms with van der Waals surface area (Å²) in [5.74, 6) is 0. The van der Waals surface area contributed by atoms with E-state index in [0.717, 1.165) is 31.2 Å². The van der Waals surface area contributed by atoms with Gasteiger partial charge in [-0.1, -0.05) is 57.3 Å². The van der Waals surface area contributed by atoms with Gasteiger partial charge in [-0.25, -0.2) is 0 Å². The summed E-state index contributed by atoms with van der Waals surface area (Å²) in [4.78, 5) is 2.50. The third-order valence-electron chi connectivity index (χ3n) is 5.28. The molecule has 0 bridgehead atoms. The summed E-state index contributed by atoms with van der Waals surface area (Å²) >= 11 is 6.51. The van der Waals surface area contributed by atoms with Crippen LogP contribution in [0.4, 0.5) is 5.69 Å². The lowest BCUT2D eigenvalue weighted by atomic mass is 9.74. The predicted octanol–water partition coefficient (Wildman–Crippen LogP) is 4.86. The molecule has 1 N–H and O–H groups in total. The van der Waals surface area contributed by atoms with Crippen LogP contribution < -0.4 is 10.2 Å². The third kappa shape index (κ3) is 3.73. The van der Waals surface area contributed by atoms with Crippen molar-refractivity contribution in [3.63, 3.8) is 0 Å². The number of hydrogen-bond donors (Lipinski definition) is 1. The number of hydrogen-bond acceptors (Lipinski definition) is 2. The minimum Gasteiger partial charge on any atom is -0.370 e. The van der Waals surface area contributed by atoms with Crippen molar-refractivity contribution in [2.24, 2.45) is 5.41 Å². The molecule has 0 spiro atoms. The molecule has 118 valence electrons. The zero-order valence-electron chi connectivity index (χ0n) is 13.7. The molecule has 0 aromatic heterocycles. The van der Waals surface area contributed by atoms with Gasteiger partial charge >= 0.3 is 0 Å². The minimum atomic E-state index is 0.555. The van der Waals surface area contributed by atoms with Crippen LogP contribution in [-0.4, -0.2) is 19.6 Å². The van der Waals surface area contributed by atoms with Crippen LogP contribution >= 0.6 is 11.6 Å². The summed E-state index contributed by atoms with van der Waals surface area (Å²) in [5, 5.41) is 4.32. The fraction of sp³-hybridized carbons (Fsp3) is 0.667. The Labute approximate surface area is 134 Å². The first kappa shape index (κ1) is 16.6. The van der Waals surface area contributed by atoms with Crippen LogP contribution in [-0.2, 0) is 6.54 Å². The number of nitrogens with zero attached hydrogens (tertiary/aromatic N) is 1. The Kier molecular flexibility index (Phi) is 5.95. The molecular formula is C18H29ClN2. The maximum Gasteiger partial charge on any atom is 0.0642 e. The van der Waals surface area contributed by atoms with E-state index in [1.54, 1.807) is 0 Å². The Hall–Kier alpha value is -0.730. The van der Waals surface area contributed by atoms with Crippen molar-refractivity contribution < 1.29 is 0 Å². The molecule has 1 aromatic rings. The van der Waals surface area contributed by atoms with Crippen molar-refractivity contribution in [1.82, 2.24) is 5.32 Å². The van der Waals surface area contributed by atoms with Crippen molar-refractivity contribution in [3.05, 3.63) is 28.8 Å². The Morgan fingerprint density at radius 1 is 1.14 bits per heavy atom. The minimum absolute atomic E-state index is 0.555. The van der Waals surface area contributed by atoms with Crippen LogP contribution in [0.5, 0.6) is 0 Å². The standard InChI is InChI=1S/C18H29ClN2/c1-4-18(5-2)10-12-21(13-11-18)17-15(14-20-6-3)8-7-9-16(17)19/h7-9,20H,4-6,10-14H2,1-3H3. The van der Waals surface area contributed by atoms with E-state index in [2.05, 4.69) is 43.1 Å². The van der Waals surface area contributed by atoms with Gasteiger partial charge in [0.1, 0.15) is 0 Å². The van der Waals surface area contributed by atoms with Gasteiger partial charge in [0.25, 0.3) is 0 Å². The number of piperidine rings is 1. The third-order valence-corrected chi connectivity index (χ3v) is 5.58. The molecule has 1 saturated heterocycles. The Balaban J connectivity index is 2.16. The van der Waals surface area contributed by atoms with Gasteiger partial charge < -0.3 is 10.2 Å². The number of para-hydroxylation sites is 1. The lowest BCUT2D eigenvalue weighted by Crippen LogP contribution is -2.40. The first-order valence-electron chi connectivity index (χ1n) is 8.39. The van der Waals surface area contributed by atoms with Gasteiger partial charge in [0.05, 0.1) is 10.7 Å². The van der Waals surface area contributed by atoms with Crippen LogP contribution in [0, 0.1) is 5.41 Å². The summed E-state index contributed by atoms with van der Waals surface area (Å²) in [6.07, 6.45) is 5.16. The molecule has 3 heteroatoms. The molecule has 2 nitrogen and oxygen atoms in total. The second kappa shape index (κ2) is 7.51. The number of rotatable bonds is 6. The van der Waals surface area contributed by atoms with Crippen LogP contribution in [0.1, 0.15) is 52.0 Å². The molecule has 1 heterocycles. The van der Waals surface area contributed by atoms with Crippen LogP contribution in [0.2, 0.25) is 5.02 Å². The molecular weight excluding hydrogens is 280 g/mol. The Bertz CT molecular complexity index is 445. The van der Waals surface area contributed by atoms with Crippen LogP contribution in [0.15, 0.2) is 18.2 Å². The number of benzene rings is 1. The van der Waals surface area contributed by atoms with Crippen molar-refractivity contribution in [2.75, 3.05) is 24.5 Å². The molecule has 0 atom stereocenters. The highest BCUT2D eigenvalue weighted by Crippen LogP contribution is 2.41. The Morgan fingerprint density at radius 3 is 2.38 bits per heavy atom. The van der Waals surface area contributed by atoms with Gasteiger partial charge in [0.2, 0.25) is 0 Å². The largest absolute Gasteiger partial charge is 0.370 e. The molecule has 1 aliphatic heterocycles. The summed E-state index contributed by atoms with van der Waals surface area (Å²) in [6.45, 7) is 11.0. The molecule has 1 aromatic carbocycles. The molecule has 0 radical (unpaired) electrons. The van der Waals surface area contributed by atoms with E-state index in [9.17, 15) is 0 Å². The molecule has 0 aliphatic carbocycles. The average molecular weight is 309 g/mol. The maximum absolute atomic E-state index is 6.51. The topological polar surface area (TPSA) is 15.3 Å². The predicted molar refractivity (Wildman–Crippen MR) is 93.3 cm³/mol. The summed E-state index contributed by atoms with van der Waals surface area (Å²) in [7, 11) is 0. The van der Waals surface area contributed by atoms with Gasteiger partial charge in [-0.05, 0) is 36.4 Å². The van der Waals surface area contributed by atoms with Crippen molar-refractivity contribution in [3.8, 4) is 0 Å². The number of halogens is 1. The van der Waals surface area contributed by atoms with Crippen molar-refractivity contribution in [1.29, 1.82) is 0 Å². The normalized spacial score (nSPS) is 18.0. The van der Waals surface area contributed by atoms with Crippen molar-refractivity contribution >= 4 is 17.3 Å². The average Bonchev–Trinajstić information content (AvgIpc) is 2.53. The maximum atomic E-state index is 6.51. The van der Waals surface area contributed by atoms with E-state index in [-0.39, 0.29) is 0 Å². The first-order valence-corrected chi connectivity index (χ1v) is 8.76. The molecule has 1 aliphatic rings. The highest BCUT2D eigenvalue weighted by Gasteiger charge is 2.32. The molecule has 0 amide bonds. The van der Waals surface area contributed by atoms with E-state index in [1.165, 1.54) is 36.9 Å². The summed E-state index contributed by atoms with van der Waals surface area (Å²) in [5.41, 5.74) is 3.13. The molecule has 1 fully saturated rings. The van der Waals surface area contributed by atoms with Gasteiger partial charge in [0.15, 0.2) is 0 Å². The van der Waals surface area contributed by atoms with Crippen LogP contribution in [0.3, 0.4) is 0 Å². The SMILES string of the molecule is CCNCc1cccc(Cl)c1N1CCC(CC)(CC)CC1. The second-order valence-electron chi connectivity index (χ2n) is 6.22. The van der Waals surface area contributed by atoms with E-state index >= 15 is 0 Å². The molecule has 0 unspecified atom stereocenters. The van der Waals surface area contributed by atoms with Gasteiger partial charge in [-0.2, -0.15) is 0 Å². The fourth-order valence-electron chi connectivity index (χ4n) is 3.48. The highest BCUT2D eigenvalue weighted by molar-refractivity contribution is 6.33. The fourth-order valence-corrected chi connectivity index (χ4v) is 3.79. The van der Waals surface area contributed by atoms with E-state index in [1.807, 2.05) is 6.07 Å². The summed E-state index contributed by atoms with van der Waals surface area (Å²) < 4.78 is 0. The lowest BCUT2D eigenvalue weighted by Gasteiger charge is -2.42. The Morgan fingerprint density at radius 2 is 1.81 bits per heavy atom. The van der Waals surface area contributed by atoms with E-state index in [4.69, 9.17) is 11.6 Å². The second-order valence-corrected chi connectivity index (χ2v) is 6.63. The summed E-state index contributed by atoms with van der Waals surface area (Å²) in [6, 6.07) is 6.28. The molecule has 2 rings (SSSR count). The first-order chi connectivity index (χ1) is 10.2. The quantitative estimate of drug-likeness (QED) is 0.807. The van der Waals surface area contributed by atoms with Crippen molar-refractivity contribution in [2.45, 2.75) is 53.0 Å². The van der Waals surface area contributed by atoms with E-state index in [0.29, 0.717) is 5.41 Å². The zero-order chi connectivity index (χ0) is 15.3. The van der Waals surface area contributed by atoms with E-state index < -0.39 is 0 Å².